The van der Waals surface area contributed by atoms with Crippen LogP contribution in [0.15, 0.2) is 41.0 Å². The third-order valence-corrected chi connectivity index (χ3v) is 4.09. The fraction of sp³-hybridized carbons (Fsp3) is 0.312. The van der Waals surface area contributed by atoms with Gasteiger partial charge in [-0.25, -0.2) is 4.98 Å². The molecule has 1 heterocycles. The molecule has 106 valence electrons. The van der Waals surface area contributed by atoms with Crippen molar-refractivity contribution in [3.8, 4) is 5.75 Å². The van der Waals surface area contributed by atoms with Crippen LogP contribution in [0.4, 0.5) is 11.5 Å². The van der Waals surface area contributed by atoms with Gasteiger partial charge in [-0.15, -0.1) is 0 Å². The fourth-order valence-corrected chi connectivity index (χ4v) is 2.06. The van der Waals surface area contributed by atoms with Gasteiger partial charge in [-0.1, -0.05) is 13.0 Å². The van der Waals surface area contributed by atoms with E-state index in [1.807, 2.05) is 37.3 Å². The molecule has 0 bridgehead atoms. The van der Waals surface area contributed by atoms with Crippen molar-refractivity contribution in [3.05, 3.63) is 46.6 Å². The number of nitrogens with zero attached hydrogens (tertiary/aromatic N) is 1. The van der Waals surface area contributed by atoms with Crippen LogP contribution in [0.3, 0.4) is 0 Å². The van der Waals surface area contributed by atoms with Crippen molar-refractivity contribution < 1.29 is 4.74 Å². The Morgan fingerprint density at radius 3 is 2.90 bits per heavy atom. The molecule has 0 saturated carbocycles. The third-order valence-electron chi connectivity index (χ3n) is 3.09. The molecule has 20 heavy (non-hydrogen) atoms. The SMILES string of the molecule is CCC(C)Oc1cccc(Nc2nccc(C)c2Br)c1. The molecule has 0 saturated heterocycles. The zero-order valence-electron chi connectivity index (χ0n) is 12.0. The van der Waals surface area contributed by atoms with Gasteiger partial charge in [0.05, 0.1) is 10.6 Å². The van der Waals surface area contributed by atoms with Crippen LogP contribution in [0.5, 0.6) is 5.75 Å². The Bertz CT molecular complexity index is 586. The lowest BCUT2D eigenvalue weighted by Gasteiger charge is -2.14. The summed E-state index contributed by atoms with van der Waals surface area (Å²) in [6, 6.07) is 9.90. The van der Waals surface area contributed by atoms with Gasteiger partial charge in [-0.3, -0.25) is 0 Å². The van der Waals surface area contributed by atoms with Gasteiger partial charge in [0.15, 0.2) is 0 Å². The van der Waals surface area contributed by atoms with Crippen LogP contribution in [0, 0.1) is 6.92 Å². The Morgan fingerprint density at radius 2 is 2.15 bits per heavy atom. The average molecular weight is 335 g/mol. The van der Waals surface area contributed by atoms with Crippen LogP contribution in [-0.2, 0) is 0 Å². The highest BCUT2D eigenvalue weighted by atomic mass is 79.9. The normalized spacial score (nSPS) is 12.0. The number of rotatable bonds is 5. The number of aromatic nitrogens is 1. The highest BCUT2D eigenvalue weighted by Gasteiger charge is 2.06. The van der Waals surface area contributed by atoms with Gasteiger partial charge < -0.3 is 10.1 Å². The van der Waals surface area contributed by atoms with Crippen LogP contribution < -0.4 is 10.1 Å². The van der Waals surface area contributed by atoms with Crippen molar-refractivity contribution >= 4 is 27.4 Å². The Labute approximate surface area is 128 Å². The molecule has 0 spiro atoms. The summed E-state index contributed by atoms with van der Waals surface area (Å²) in [5.41, 5.74) is 2.11. The molecule has 1 aromatic carbocycles. The number of hydrogen-bond acceptors (Lipinski definition) is 3. The Morgan fingerprint density at radius 1 is 1.35 bits per heavy atom. The van der Waals surface area contributed by atoms with Crippen molar-refractivity contribution in [3.63, 3.8) is 0 Å². The van der Waals surface area contributed by atoms with Crippen molar-refractivity contribution in [2.75, 3.05) is 5.32 Å². The lowest BCUT2D eigenvalue weighted by atomic mass is 10.2. The molecule has 3 nitrogen and oxygen atoms in total. The summed E-state index contributed by atoms with van der Waals surface area (Å²) in [5.74, 6) is 1.68. The van der Waals surface area contributed by atoms with Gasteiger partial charge in [0.2, 0.25) is 0 Å². The molecule has 0 fully saturated rings. The van der Waals surface area contributed by atoms with Gasteiger partial charge in [0.1, 0.15) is 11.6 Å². The van der Waals surface area contributed by atoms with Crippen molar-refractivity contribution in [2.45, 2.75) is 33.3 Å². The summed E-state index contributed by atoms with van der Waals surface area (Å²) < 4.78 is 6.80. The first-order valence-corrected chi connectivity index (χ1v) is 7.54. The summed E-state index contributed by atoms with van der Waals surface area (Å²) in [6.07, 6.45) is 3.00. The molecule has 1 unspecified atom stereocenters. The Hall–Kier alpha value is -1.55. The maximum Gasteiger partial charge on any atom is 0.144 e. The first-order valence-electron chi connectivity index (χ1n) is 6.75. The minimum atomic E-state index is 0.217. The summed E-state index contributed by atoms with van der Waals surface area (Å²) in [6.45, 7) is 6.22. The second-order valence-corrected chi connectivity index (χ2v) is 5.57. The van der Waals surface area contributed by atoms with E-state index in [9.17, 15) is 0 Å². The first kappa shape index (κ1) is 14.9. The third kappa shape index (κ3) is 3.73. The van der Waals surface area contributed by atoms with E-state index < -0.39 is 0 Å². The summed E-state index contributed by atoms with van der Waals surface area (Å²) in [5, 5.41) is 3.31. The maximum absolute atomic E-state index is 5.82. The number of nitrogens with one attached hydrogen (secondary N) is 1. The molecule has 0 aliphatic carbocycles. The van der Waals surface area contributed by atoms with Crippen molar-refractivity contribution in [2.24, 2.45) is 0 Å². The smallest absolute Gasteiger partial charge is 0.144 e. The van der Waals surface area contributed by atoms with Crippen molar-refractivity contribution in [1.82, 2.24) is 4.98 Å². The zero-order chi connectivity index (χ0) is 14.5. The minimum Gasteiger partial charge on any atom is -0.491 e. The molecule has 1 aromatic heterocycles. The Balaban J connectivity index is 2.17. The highest BCUT2D eigenvalue weighted by molar-refractivity contribution is 9.10. The van der Waals surface area contributed by atoms with Gasteiger partial charge in [0, 0.05) is 18.0 Å². The second-order valence-electron chi connectivity index (χ2n) is 4.78. The number of aryl methyl sites for hydroxylation is 1. The van der Waals surface area contributed by atoms with Crippen LogP contribution in [0.25, 0.3) is 0 Å². The largest absolute Gasteiger partial charge is 0.491 e. The second kappa shape index (κ2) is 6.75. The number of hydrogen-bond donors (Lipinski definition) is 1. The summed E-state index contributed by atoms with van der Waals surface area (Å²) >= 11 is 3.55. The molecule has 2 aromatic rings. The number of pyridine rings is 1. The van der Waals surface area contributed by atoms with Crippen molar-refractivity contribution in [1.29, 1.82) is 0 Å². The maximum atomic E-state index is 5.82. The molecular formula is C16H19BrN2O. The summed E-state index contributed by atoms with van der Waals surface area (Å²) in [7, 11) is 0. The van der Waals surface area contributed by atoms with Crippen LogP contribution in [0.1, 0.15) is 25.8 Å². The first-order chi connectivity index (χ1) is 9.60. The van der Waals surface area contributed by atoms with E-state index >= 15 is 0 Å². The standard InChI is InChI=1S/C16H19BrN2O/c1-4-12(3)20-14-7-5-6-13(10-14)19-16-15(17)11(2)8-9-18-16/h5-10,12H,4H2,1-3H3,(H,18,19). The van der Waals surface area contributed by atoms with E-state index in [-0.39, 0.29) is 6.10 Å². The van der Waals surface area contributed by atoms with Crippen LogP contribution >= 0.6 is 15.9 Å². The Kier molecular flexibility index (Phi) is 5.01. The molecule has 1 atom stereocenters. The highest BCUT2D eigenvalue weighted by Crippen LogP contribution is 2.28. The average Bonchev–Trinajstić information content (AvgIpc) is 2.44. The molecule has 0 aliphatic rings. The summed E-state index contributed by atoms with van der Waals surface area (Å²) in [4.78, 5) is 4.34. The van der Waals surface area contributed by atoms with E-state index in [4.69, 9.17) is 4.74 Å². The van der Waals surface area contributed by atoms with E-state index in [2.05, 4.69) is 40.1 Å². The monoisotopic (exact) mass is 334 g/mol. The van der Waals surface area contributed by atoms with E-state index in [0.29, 0.717) is 0 Å². The number of ether oxygens (including phenoxy) is 1. The lowest BCUT2D eigenvalue weighted by Crippen LogP contribution is -2.09. The molecule has 4 heteroatoms. The van der Waals surface area contributed by atoms with E-state index in [1.54, 1.807) is 6.20 Å². The number of halogens is 1. The molecule has 2 rings (SSSR count). The van der Waals surface area contributed by atoms with E-state index in [1.165, 1.54) is 0 Å². The lowest BCUT2D eigenvalue weighted by molar-refractivity contribution is 0.217. The quantitative estimate of drug-likeness (QED) is 0.828. The molecule has 1 N–H and O–H groups in total. The molecule has 0 aliphatic heterocycles. The molecule has 0 amide bonds. The van der Waals surface area contributed by atoms with Gasteiger partial charge in [-0.05, 0) is 60.0 Å². The topological polar surface area (TPSA) is 34.1 Å². The van der Waals surface area contributed by atoms with Gasteiger partial charge in [-0.2, -0.15) is 0 Å². The fourth-order valence-electron chi connectivity index (χ4n) is 1.73. The van der Waals surface area contributed by atoms with Gasteiger partial charge in [0.25, 0.3) is 0 Å². The zero-order valence-corrected chi connectivity index (χ0v) is 13.6. The number of anilines is 2. The minimum absolute atomic E-state index is 0.217. The molecule has 0 radical (unpaired) electrons. The molecular weight excluding hydrogens is 316 g/mol. The van der Waals surface area contributed by atoms with Gasteiger partial charge >= 0.3 is 0 Å². The number of benzene rings is 1. The van der Waals surface area contributed by atoms with E-state index in [0.717, 1.165) is 33.7 Å². The van der Waals surface area contributed by atoms with Crippen LogP contribution in [0.2, 0.25) is 0 Å². The predicted molar refractivity (Wildman–Crippen MR) is 86.8 cm³/mol. The predicted octanol–water partition coefficient (Wildman–Crippen LogP) is 5.07. The van der Waals surface area contributed by atoms with Crippen LogP contribution in [-0.4, -0.2) is 11.1 Å².